The first kappa shape index (κ1) is 12.5. The summed E-state index contributed by atoms with van der Waals surface area (Å²) in [6, 6.07) is 3.84. The lowest BCUT2D eigenvalue weighted by Gasteiger charge is -2.11. The molecule has 1 heterocycles. The average molecular weight is 256 g/mol. The van der Waals surface area contributed by atoms with E-state index in [0.717, 1.165) is 12.1 Å². The maximum atomic E-state index is 12.8. The lowest BCUT2D eigenvalue weighted by atomic mass is 10.1. The average Bonchev–Trinajstić information content (AvgIpc) is 2.73. The van der Waals surface area contributed by atoms with E-state index in [-0.39, 0.29) is 0 Å². The molecule has 0 saturated carbocycles. The van der Waals surface area contributed by atoms with E-state index in [1.165, 1.54) is 4.68 Å². The van der Waals surface area contributed by atoms with Crippen LogP contribution in [0.2, 0.25) is 0 Å². The number of halogens is 3. The van der Waals surface area contributed by atoms with Crippen LogP contribution < -0.4 is 0 Å². The summed E-state index contributed by atoms with van der Waals surface area (Å²) < 4.78 is 39.6. The van der Waals surface area contributed by atoms with Gasteiger partial charge in [0.25, 0.3) is 0 Å². The SMILES string of the molecule is CCc1cc(-n2nnnc2C)cc(C(F)(F)F)c1. The molecule has 0 fully saturated rings. The predicted molar refractivity (Wildman–Crippen MR) is 58.3 cm³/mol. The van der Waals surface area contributed by atoms with E-state index in [0.29, 0.717) is 23.5 Å². The molecule has 0 aliphatic carbocycles. The molecule has 1 aromatic carbocycles. The first-order valence-electron chi connectivity index (χ1n) is 5.38. The second kappa shape index (κ2) is 4.40. The largest absolute Gasteiger partial charge is 0.416 e. The molecule has 0 atom stereocenters. The van der Waals surface area contributed by atoms with Gasteiger partial charge >= 0.3 is 6.18 Å². The van der Waals surface area contributed by atoms with Crippen molar-refractivity contribution in [3.05, 3.63) is 35.2 Å². The molecule has 96 valence electrons. The Hall–Kier alpha value is -1.92. The molecule has 7 heteroatoms. The molecule has 2 rings (SSSR count). The number of hydrogen-bond donors (Lipinski definition) is 0. The van der Waals surface area contributed by atoms with Crippen LogP contribution in [0.4, 0.5) is 13.2 Å². The summed E-state index contributed by atoms with van der Waals surface area (Å²) in [4.78, 5) is 0. The van der Waals surface area contributed by atoms with Gasteiger partial charge in [-0.2, -0.15) is 17.9 Å². The van der Waals surface area contributed by atoms with E-state index in [1.807, 2.05) is 0 Å². The van der Waals surface area contributed by atoms with E-state index >= 15 is 0 Å². The molecule has 1 aromatic heterocycles. The van der Waals surface area contributed by atoms with Gasteiger partial charge in [0.05, 0.1) is 11.3 Å². The Morgan fingerprint density at radius 3 is 2.44 bits per heavy atom. The molecule has 0 N–H and O–H groups in total. The smallest absolute Gasteiger partial charge is 0.198 e. The Labute approximate surface area is 101 Å². The van der Waals surface area contributed by atoms with Crippen molar-refractivity contribution in [1.82, 2.24) is 20.2 Å². The number of tetrazole rings is 1. The van der Waals surface area contributed by atoms with Crippen LogP contribution in [-0.4, -0.2) is 20.2 Å². The second-order valence-corrected chi connectivity index (χ2v) is 3.88. The summed E-state index contributed by atoms with van der Waals surface area (Å²) in [5, 5.41) is 10.8. The fraction of sp³-hybridized carbons (Fsp3) is 0.364. The summed E-state index contributed by atoms with van der Waals surface area (Å²) in [6.45, 7) is 3.43. The van der Waals surface area contributed by atoms with Gasteiger partial charge in [0.2, 0.25) is 0 Å². The topological polar surface area (TPSA) is 43.6 Å². The Morgan fingerprint density at radius 2 is 1.94 bits per heavy atom. The van der Waals surface area contributed by atoms with E-state index in [4.69, 9.17) is 0 Å². The number of hydrogen-bond acceptors (Lipinski definition) is 3. The minimum atomic E-state index is -4.37. The van der Waals surface area contributed by atoms with Gasteiger partial charge in [0, 0.05) is 0 Å². The Morgan fingerprint density at radius 1 is 1.22 bits per heavy atom. The van der Waals surface area contributed by atoms with E-state index < -0.39 is 11.7 Å². The second-order valence-electron chi connectivity index (χ2n) is 3.88. The highest BCUT2D eigenvalue weighted by atomic mass is 19.4. The van der Waals surface area contributed by atoms with Gasteiger partial charge in [-0.15, -0.1) is 5.10 Å². The monoisotopic (exact) mass is 256 g/mol. The molecule has 0 spiro atoms. The fourth-order valence-electron chi connectivity index (χ4n) is 1.63. The molecule has 18 heavy (non-hydrogen) atoms. The number of benzene rings is 1. The van der Waals surface area contributed by atoms with Crippen LogP contribution in [-0.2, 0) is 12.6 Å². The van der Waals surface area contributed by atoms with Crippen LogP contribution in [0.5, 0.6) is 0 Å². The zero-order chi connectivity index (χ0) is 13.3. The normalized spacial score (nSPS) is 11.8. The molecule has 0 aliphatic rings. The molecule has 0 aliphatic heterocycles. The van der Waals surface area contributed by atoms with Crippen LogP contribution in [0, 0.1) is 6.92 Å². The summed E-state index contributed by atoms with van der Waals surface area (Å²) in [6.07, 6.45) is -3.86. The van der Waals surface area contributed by atoms with Gasteiger partial charge in [-0.25, -0.2) is 0 Å². The van der Waals surface area contributed by atoms with Gasteiger partial charge < -0.3 is 0 Å². The van der Waals surface area contributed by atoms with Crippen molar-refractivity contribution >= 4 is 0 Å². The first-order chi connectivity index (χ1) is 8.41. The van der Waals surface area contributed by atoms with Crippen molar-refractivity contribution in [2.45, 2.75) is 26.4 Å². The van der Waals surface area contributed by atoms with Gasteiger partial charge in [0.15, 0.2) is 5.82 Å². The highest BCUT2D eigenvalue weighted by Crippen LogP contribution is 2.31. The minimum absolute atomic E-state index is 0.323. The Bertz CT molecular complexity index is 560. The van der Waals surface area contributed by atoms with Gasteiger partial charge in [-0.3, -0.25) is 0 Å². The van der Waals surface area contributed by atoms with Crippen LogP contribution in [0.15, 0.2) is 18.2 Å². The first-order valence-corrected chi connectivity index (χ1v) is 5.38. The maximum Gasteiger partial charge on any atom is 0.416 e. The molecule has 0 saturated heterocycles. The molecule has 0 unspecified atom stereocenters. The molecule has 2 aromatic rings. The lowest BCUT2D eigenvalue weighted by Crippen LogP contribution is -2.09. The van der Waals surface area contributed by atoms with E-state index in [2.05, 4.69) is 15.5 Å². The minimum Gasteiger partial charge on any atom is -0.198 e. The zero-order valence-corrected chi connectivity index (χ0v) is 9.86. The zero-order valence-electron chi connectivity index (χ0n) is 9.86. The fourth-order valence-corrected chi connectivity index (χ4v) is 1.63. The van der Waals surface area contributed by atoms with Crippen LogP contribution in [0.1, 0.15) is 23.9 Å². The molecule has 4 nitrogen and oxygen atoms in total. The molecule has 0 radical (unpaired) electrons. The standard InChI is InChI=1S/C11H11F3N4/c1-3-8-4-9(11(12,13)14)6-10(5-8)18-7(2)15-16-17-18/h4-6H,3H2,1-2H3. The Balaban J connectivity index is 2.58. The molecule has 0 amide bonds. The third kappa shape index (κ3) is 2.34. The van der Waals surface area contributed by atoms with Crippen LogP contribution in [0.3, 0.4) is 0 Å². The number of aryl methyl sites for hydroxylation is 2. The van der Waals surface area contributed by atoms with Crippen molar-refractivity contribution < 1.29 is 13.2 Å². The van der Waals surface area contributed by atoms with Gasteiger partial charge in [0.1, 0.15) is 0 Å². The van der Waals surface area contributed by atoms with Crippen molar-refractivity contribution in [2.24, 2.45) is 0 Å². The summed E-state index contributed by atoms with van der Waals surface area (Å²) in [5.74, 6) is 0.441. The number of rotatable bonds is 2. The summed E-state index contributed by atoms with van der Waals surface area (Å²) >= 11 is 0. The van der Waals surface area contributed by atoms with Crippen molar-refractivity contribution in [2.75, 3.05) is 0 Å². The van der Waals surface area contributed by atoms with Gasteiger partial charge in [-0.1, -0.05) is 6.92 Å². The van der Waals surface area contributed by atoms with Gasteiger partial charge in [-0.05, 0) is 47.5 Å². The van der Waals surface area contributed by atoms with Crippen molar-refractivity contribution in [1.29, 1.82) is 0 Å². The van der Waals surface area contributed by atoms with E-state index in [1.54, 1.807) is 19.9 Å². The highest BCUT2D eigenvalue weighted by Gasteiger charge is 2.31. The predicted octanol–water partition coefficient (Wildman–Crippen LogP) is 2.55. The number of nitrogens with zero attached hydrogens (tertiary/aromatic N) is 4. The molecule has 0 bridgehead atoms. The van der Waals surface area contributed by atoms with Crippen molar-refractivity contribution in [3.63, 3.8) is 0 Å². The van der Waals surface area contributed by atoms with Crippen LogP contribution in [0.25, 0.3) is 5.69 Å². The third-order valence-electron chi connectivity index (χ3n) is 2.58. The van der Waals surface area contributed by atoms with E-state index in [9.17, 15) is 13.2 Å². The Kier molecular flexibility index (Phi) is 3.06. The quantitative estimate of drug-likeness (QED) is 0.829. The highest BCUT2D eigenvalue weighted by molar-refractivity contribution is 5.41. The molecular weight excluding hydrogens is 245 g/mol. The maximum absolute atomic E-state index is 12.8. The lowest BCUT2D eigenvalue weighted by molar-refractivity contribution is -0.137. The summed E-state index contributed by atoms with van der Waals surface area (Å²) in [7, 11) is 0. The third-order valence-corrected chi connectivity index (χ3v) is 2.58. The number of aromatic nitrogens is 4. The number of alkyl halides is 3. The van der Waals surface area contributed by atoms with Crippen molar-refractivity contribution in [3.8, 4) is 5.69 Å². The van der Waals surface area contributed by atoms with Crippen LogP contribution >= 0.6 is 0 Å². The molecular formula is C11H11F3N4. The summed E-state index contributed by atoms with van der Waals surface area (Å²) in [5.41, 5.74) is 0.227.